The van der Waals surface area contributed by atoms with Gasteiger partial charge < -0.3 is 5.32 Å². The molecule has 1 aliphatic carbocycles. The van der Waals surface area contributed by atoms with Crippen LogP contribution in [0.25, 0.3) is 0 Å². The van der Waals surface area contributed by atoms with Gasteiger partial charge in [0.2, 0.25) is 5.95 Å². The Bertz CT molecular complexity index is 668. The van der Waals surface area contributed by atoms with Crippen LogP contribution in [0.5, 0.6) is 0 Å². The van der Waals surface area contributed by atoms with Gasteiger partial charge in [0, 0.05) is 16.8 Å². The number of thiazole rings is 1. The predicted octanol–water partition coefficient (Wildman–Crippen LogP) is 2.98. The van der Waals surface area contributed by atoms with Crippen molar-refractivity contribution in [1.29, 1.82) is 5.26 Å². The molecule has 102 valence electrons. The van der Waals surface area contributed by atoms with Crippen LogP contribution >= 0.6 is 11.3 Å². The van der Waals surface area contributed by atoms with Crippen LogP contribution in [0, 0.1) is 31.1 Å². The number of nitrogens with one attached hydrogen (secondary N) is 1. The van der Waals surface area contributed by atoms with Gasteiger partial charge in [0.15, 0.2) is 0 Å². The lowest BCUT2D eigenvalue weighted by Gasteiger charge is -2.16. The van der Waals surface area contributed by atoms with Crippen LogP contribution in [0.2, 0.25) is 0 Å². The molecule has 0 amide bonds. The van der Waals surface area contributed by atoms with E-state index in [0.29, 0.717) is 17.6 Å². The van der Waals surface area contributed by atoms with Crippen LogP contribution in [-0.4, -0.2) is 15.0 Å². The van der Waals surface area contributed by atoms with Crippen molar-refractivity contribution in [2.75, 3.05) is 5.32 Å². The summed E-state index contributed by atoms with van der Waals surface area (Å²) < 4.78 is 0. The molecule has 1 N–H and O–H groups in total. The number of aromatic nitrogens is 3. The Morgan fingerprint density at radius 1 is 1.40 bits per heavy atom. The van der Waals surface area contributed by atoms with Gasteiger partial charge in [-0.2, -0.15) is 5.26 Å². The number of rotatable bonds is 4. The molecule has 2 aromatic rings. The van der Waals surface area contributed by atoms with E-state index < -0.39 is 0 Å². The van der Waals surface area contributed by atoms with E-state index in [1.54, 1.807) is 17.4 Å². The van der Waals surface area contributed by atoms with Crippen molar-refractivity contribution in [3.05, 3.63) is 33.5 Å². The molecule has 0 saturated heterocycles. The molecule has 2 heterocycles. The summed E-state index contributed by atoms with van der Waals surface area (Å²) in [7, 11) is 0. The van der Waals surface area contributed by atoms with Crippen LogP contribution in [0.15, 0.2) is 12.3 Å². The van der Waals surface area contributed by atoms with Gasteiger partial charge in [0.25, 0.3) is 0 Å². The molecule has 5 nitrogen and oxygen atoms in total. The molecule has 1 atom stereocenters. The molecule has 0 radical (unpaired) electrons. The van der Waals surface area contributed by atoms with Crippen molar-refractivity contribution < 1.29 is 0 Å². The lowest BCUT2D eigenvalue weighted by Crippen LogP contribution is -2.15. The summed E-state index contributed by atoms with van der Waals surface area (Å²) in [6, 6.07) is 3.91. The van der Waals surface area contributed by atoms with Gasteiger partial charge in [-0.3, -0.25) is 0 Å². The van der Waals surface area contributed by atoms with Crippen molar-refractivity contribution in [3.8, 4) is 6.07 Å². The van der Waals surface area contributed by atoms with E-state index in [2.05, 4.69) is 33.3 Å². The first-order chi connectivity index (χ1) is 9.65. The highest BCUT2D eigenvalue weighted by Gasteiger charge is 2.34. The third-order valence-electron chi connectivity index (χ3n) is 3.25. The summed E-state index contributed by atoms with van der Waals surface area (Å²) in [5.41, 5.74) is 1.19. The van der Waals surface area contributed by atoms with Gasteiger partial charge in [-0.05, 0) is 38.7 Å². The maximum Gasteiger partial charge on any atom is 0.224 e. The number of anilines is 1. The highest BCUT2D eigenvalue weighted by atomic mass is 32.1. The zero-order valence-electron chi connectivity index (χ0n) is 11.4. The average molecular weight is 285 g/mol. The summed E-state index contributed by atoms with van der Waals surface area (Å²) in [5.74, 6) is 1.11. The monoisotopic (exact) mass is 285 g/mol. The van der Waals surface area contributed by atoms with Crippen molar-refractivity contribution >= 4 is 17.3 Å². The van der Waals surface area contributed by atoms with Crippen LogP contribution in [0.1, 0.15) is 40.2 Å². The molecule has 0 aliphatic heterocycles. The van der Waals surface area contributed by atoms with Crippen molar-refractivity contribution in [3.63, 3.8) is 0 Å². The molecule has 3 rings (SSSR count). The molecule has 1 fully saturated rings. The lowest BCUT2D eigenvalue weighted by atomic mass is 10.2. The third-order valence-corrected chi connectivity index (χ3v) is 4.25. The fourth-order valence-electron chi connectivity index (χ4n) is 2.16. The van der Waals surface area contributed by atoms with E-state index in [0.717, 1.165) is 10.7 Å². The molecule has 2 aromatic heterocycles. The van der Waals surface area contributed by atoms with Crippen molar-refractivity contribution in [2.24, 2.45) is 5.92 Å². The van der Waals surface area contributed by atoms with E-state index >= 15 is 0 Å². The van der Waals surface area contributed by atoms with Gasteiger partial charge in [0.05, 0.1) is 6.04 Å². The van der Waals surface area contributed by atoms with Crippen LogP contribution in [0.3, 0.4) is 0 Å². The van der Waals surface area contributed by atoms with Gasteiger partial charge in [-0.25, -0.2) is 15.0 Å². The van der Waals surface area contributed by atoms with Crippen LogP contribution < -0.4 is 5.32 Å². The Morgan fingerprint density at radius 2 is 2.20 bits per heavy atom. The Hall–Kier alpha value is -2.00. The number of nitriles is 1. The molecular weight excluding hydrogens is 270 g/mol. The minimum absolute atomic E-state index is 0.155. The van der Waals surface area contributed by atoms with Gasteiger partial charge >= 0.3 is 0 Å². The molecule has 0 unspecified atom stereocenters. The fraction of sp³-hybridized carbons (Fsp3) is 0.429. The summed E-state index contributed by atoms with van der Waals surface area (Å²) >= 11 is 1.70. The molecule has 20 heavy (non-hydrogen) atoms. The normalized spacial score (nSPS) is 15.7. The van der Waals surface area contributed by atoms with Crippen LogP contribution in [0.4, 0.5) is 5.95 Å². The van der Waals surface area contributed by atoms with E-state index in [9.17, 15) is 0 Å². The number of nitrogens with zero attached hydrogens (tertiary/aromatic N) is 4. The highest BCUT2D eigenvalue weighted by Crippen LogP contribution is 2.43. The Balaban J connectivity index is 1.87. The fourth-order valence-corrected chi connectivity index (χ4v) is 3.08. The minimum Gasteiger partial charge on any atom is -0.345 e. The second kappa shape index (κ2) is 5.17. The Labute approximate surface area is 121 Å². The quantitative estimate of drug-likeness (QED) is 0.934. The minimum atomic E-state index is 0.155. The topological polar surface area (TPSA) is 74.5 Å². The standard InChI is InChI=1S/C14H15N5S/c1-8-5-11(6-15)18-14(17-8)19-12(10-3-4-10)13-16-7-9(2)20-13/h5,7,10,12H,3-4H2,1-2H3,(H,17,18,19)/t12-/m0/s1. The van der Waals surface area contributed by atoms with Gasteiger partial charge in [0.1, 0.15) is 16.8 Å². The number of hydrogen-bond acceptors (Lipinski definition) is 6. The maximum atomic E-state index is 8.98. The summed E-state index contributed by atoms with van der Waals surface area (Å²) in [6.07, 6.45) is 4.30. The van der Waals surface area contributed by atoms with Gasteiger partial charge in [-0.1, -0.05) is 0 Å². The Kier molecular flexibility index (Phi) is 3.36. The highest BCUT2D eigenvalue weighted by molar-refractivity contribution is 7.11. The molecular formula is C14H15N5S. The van der Waals surface area contributed by atoms with Gasteiger partial charge in [-0.15, -0.1) is 11.3 Å². The third kappa shape index (κ3) is 2.78. The predicted molar refractivity (Wildman–Crippen MR) is 77.4 cm³/mol. The van der Waals surface area contributed by atoms with Crippen molar-refractivity contribution in [2.45, 2.75) is 32.7 Å². The van der Waals surface area contributed by atoms with E-state index in [4.69, 9.17) is 5.26 Å². The summed E-state index contributed by atoms with van der Waals surface area (Å²) in [4.78, 5) is 14.3. The number of hydrogen-bond donors (Lipinski definition) is 1. The van der Waals surface area contributed by atoms with E-state index in [-0.39, 0.29) is 6.04 Å². The number of aryl methyl sites for hydroxylation is 2. The largest absolute Gasteiger partial charge is 0.345 e. The average Bonchev–Trinajstić information content (AvgIpc) is 3.17. The van der Waals surface area contributed by atoms with E-state index in [1.807, 2.05) is 13.1 Å². The second-order valence-corrected chi connectivity index (χ2v) is 6.36. The summed E-state index contributed by atoms with van der Waals surface area (Å²) in [6.45, 7) is 3.93. The first kappa shape index (κ1) is 13.0. The molecule has 1 saturated carbocycles. The second-order valence-electron chi connectivity index (χ2n) is 5.10. The molecule has 0 bridgehead atoms. The zero-order valence-corrected chi connectivity index (χ0v) is 12.2. The lowest BCUT2D eigenvalue weighted by molar-refractivity contribution is 0.665. The molecule has 0 spiro atoms. The van der Waals surface area contributed by atoms with Crippen LogP contribution in [-0.2, 0) is 0 Å². The SMILES string of the molecule is Cc1cc(C#N)nc(N[C@H](c2ncc(C)s2)C2CC2)n1. The molecule has 6 heteroatoms. The first-order valence-corrected chi connectivity index (χ1v) is 7.42. The Morgan fingerprint density at radius 3 is 2.80 bits per heavy atom. The smallest absolute Gasteiger partial charge is 0.224 e. The van der Waals surface area contributed by atoms with Crippen molar-refractivity contribution in [1.82, 2.24) is 15.0 Å². The van der Waals surface area contributed by atoms with E-state index in [1.165, 1.54) is 17.7 Å². The maximum absolute atomic E-state index is 8.98. The molecule has 0 aromatic carbocycles. The molecule has 1 aliphatic rings. The first-order valence-electron chi connectivity index (χ1n) is 6.60. The summed E-state index contributed by atoms with van der Waals surface area (Å²) in [5, 5.41) is 13.4. The zero-order chi connectivity index (χ0) is 14.1.